The fourth-order valence-electron chi connectivity index (χ4n) is 2.66. The average molecular weight is 388 g/mol. The Morgan fingerprint density at radius 3 is 2.64 bits per heavy atom. The smallest absolute Gasteiger partial charge is 0.319 e. The number of ether oxygens (including phenoxy) is 1. The van der Waals surface area contributed by atoms with Gasteiger partial charge in [0.25, 0.3) is 0 Å². The monoisotopic (exact) mass is 387 g/mol. The van der Waals surface area contributed by atoms with E-state index in [2.05, 4.69) is 10.6 Å². The number of sulfonamides is 1. The Labute approximate surface area is 153 Å². The molecule has 2 atom stereocenters. The Hall–Kier alpha value is -1.29. The molecule has 9 heteroatoms. The van der Waals surface area contributed by atoms with E-state index in [-0.39, 0.29) is 24.5 Å². The predicted molar refractivity (Wildman–Crippen MR) is 101 cm³/mol. The summed E-state index contributed by atoms with van der Waals surface area (Å²) in [7, 11) is -3.42. The zero-order valence-corrected chi connectivity index (χ0v) is 16.3. The SMILES string of the molecule is CSc1cccc(NC(=O)NCCS(=O)(=O)N2CC(C)OC(C)C2)c1. The Morgan fingerprint density at radius 2 is 2.00 bits per heavy atom. The molecule has 2 amide bonds. The van der Waals surface area contributed by atoms with Crippen molar-refractivity contribution in [2.24, 2.45) is 0 Å². The van der Waals surface area contributed by atoms with Gasteiger partial charge in [0.1, 0.15) is 0 Å². The van der Waals surface area contributed by atoms with Crippen molar-refractivity contribution in [2.75, 3.05) is 37.0 Å². The van der Waals surface area contributed by atoms with Gasteiger partial charge in [0, 0.05) is 30.2 Å². The lowest BCUT2D eigenvalue weighted by Gasteiger charge is -2.34. The lowest BCUT2D eigenvalue weighted by Crippen LogP contribution is -2.49. The highest BCUT2D eigenvalue weighted by molar-refractivity contribution is 7.98. The molecular weight excluding hydrogens is 362 g/mol. The molecule has 1 aromatic rings. The Kier molecular flexibility index (Phi) is 7.12. The van der Waals surface area contributed by atoms with Gasteiger partial charge in [0.2, 0.25) is 10.0 Å². The van der Waals surface area contributed by atoms with E-state index in [1.807, 2.05) is 38.3 Å². The maximum atomic E-state index is 12.4. The second-order valence-electron chi connectivity index (χ2n) is 6.00. The van der Waals surface area contributed by atoms with Crippen LogP contribution in [-0.4, -0.2) is 62.6 Å². The van der Waals surface area contributed by atoms with Crippen molar-refractivity contribution >= 4 is 33.5 Å². The van der Waals surface area contributed by atoms with Crippen LogP contribution in [0.25, 0.3) is 0 Å². The van der Waals surface area contributed by atoms with E-state index in [9.17, 15) is 13.2 Å². The highest BCUT2D eigenvalue weighted by atomic mass is 32.2. The number of carbonyl (C=O) groups is 1. The van der Waals surface area contributed by atoms with Gasteiger partial charge < -0.3 is 15.4 Å². The van der Waals surface area contributed by atoms with Gasteiger partial charge in [-0.3, -0.25) is 0 Å². The van der Waals surface area contributed by atoms with Crippen molar-refractivity contribution in [3.05, 3.63) is 24.3 Å². The van der Waals surface area contributed by atoms with Crippen molar-refractivity contribution in [2.45, 2.75) is 31.0 Å². The van der Waals surface area contributed by atoms with Gasteiger partial charge >= 0.3 is 6.03 Å². The molecule has 1 saturated heterocycles. The first kappa shape index (κ1) is 20.0. The summed E-state index contributed by atoms with van der Waals surface area (Å²) in [6.45, 7) is 4.45. The van der Waals surface area contributed by atoms with Crippen LogP contribution in [0.3, 0.4) is 0 Å². The zero-order chi connectivity index (χ0) is 18.4. The van der Waals surface area contributed by atoms with Gasteiger partial charge in [-0.15, -0.1) is 11.8 Å². The first-order chi connectivity index (χ1) is 11.8. The Balaban J connectivity index is 1.81. The van der Waals surface area contributed by atoms with Gasteiger partial charge in [-0.2, -0.15) is 4.31 Å². The Bertz CT molecular complexity index is 686. The van der Waals surface area contributed by atoms with Crippen LogP contribution in [-0.2, 0) is 14.8 Å². The normalized spacial score (nSPS) is 21.7. The Morgan fingerprint density at radius 1 is 1.32 bits per heavy atom. The highest BCUT2D eigenvalue weighted by Crippen LogP contribution is 2.19. The largest absolute Gasteiger partial charge is 0.373 e. The number of carbonyl (C=O) groups excluding carboxylic acids is 1. The van der Waals surface area contributed by atoms with E-state index in [0.717, 1.165) is 4.90 Å². The summed E-state index contributed by atoms with van der Waals surface area (Å²) < 4.78 is 31.8. The number of hydrogen-bond donors (Lipinski definition) is 2. The summed E-state index contributed by atoms with van der Waals surface area (Å²) in [4.78, 5) is 13.0. The highest BCUT2D eigenvalue weighted by Gasteiger charge is 2.30. The first-order valence-corrected chi connectivity index (χ1v) is 11.0. The van der Waals surface area contributed by atoms with Gasteiger partial charge in [-0.1, -0.05) is 6.07 Å². The van der Waals surface area contributed by atoms with Crippen molar-refractivity contribution < 1.29 is 17.9 Å². The number of urea groups is 1. The number of nitrogens with one attached hydrogen (secondary N) is 2. The van der Waals surface area contributed by atoms with Gasteiger partial charge in [-0.05, 0) is 38.3 Å². The summed E-state index contributed by atoms with van der Waals surface area (Å²) in [5.41, 5.74) is 0.669. The average Bonchev–Trinajstić information content (AvgIpc) is 2.54. The van der Waals surface area contributed by atoms with E-state index in [1.54, 1.807) is 17.8 Å². The number of rotatable bonds is 6. The molecule has 1 aliphatic rings. The van der Waals surface area contributed by atoms with Crippen LogP contribution < -0.4 is 10.6 Å². The second-order valence-corrected chi connectivity index (χ2v) is 8.97. The molecule has 1 heterocycles. The standard InChI is InChI=1S/C16H25N3O4S2/c1-12-10-19(11-13(2)23-12)25(21,22)8-7-17-16(20)18-14-5-4-6-15(9-14)24-3/h4-6,9,12-13H,7-8,10-11H2,1-3H3,(H2,17,18,20). The molecule has 2 rings (SSSR count). The number of thioether (sulfide) groups is 1. The maximum absolute atomic E-state index is 12.4. The summed E-state index contributed by atoms with van der Waals surface area (Å²) in [6, 6.07) is 7.03. The van der Waals surface area contributed by atoms with Crippen LogP contribution in [0.4, 0.5) is 10.5 Å². The molecule has 1 aliphatic heterocycles. The molecule has 0 radical (unpaired) electrons. The van der Waals surface area contributed by atoms with Crippen LogP contribution in [0.1, 0.15) is 13.8 Å². The van der Waals surface area contributed by atoms with Crippen molar-refractivity contribution in [3.8, 4) is 0 Å². The molecule has 0 bridgehead atoms. The van der Waals surface area contributed by atoms with E-state index in [1.165, 1.54) is 4.31 Å². The van der Waals surface area contributed by atoms with Crippen molar-refractivity contribution in [1.82, 2.24) is 9.62 Å². The van der Waals surface area contributed by atoms with Crippen molar-refractivity contribution in [1.29, 1.82) is 0 Å². The van der Waals surface area contributed by atoms with Crippen molar-refractivity contribution in [3.63, 3.8) is 0 Å². The minimum atomic E-state index is -3.42. The summed E-state index contributed by atoms with van der Waals surface area (Å²) in [5.74, 6) is -0.134. The molecule has 0 aromatic heterocycles. The minimum Gasteiger partial charge on any atom is -0.373 e. The second kappa shape index (κ2) is 8.88. The lowest BCUT2D eigenvalue weighted by molar-refractivity contribution is -0.0440. The van der Waals surface area contributed by atoms with Crippen LogP contribution in [0.5, 0.6) is 0 Å². The van der Waals surface area contributed by atoms with Crippen LogP contribution in [0, 0.1) is 0 Å². The molecule has 7 nitrogen and oxygen atoms in total. The third-order valence-corrected chi connectivity index (χ3v) is 6.28. The molecule has 2 unspecified atom stereocenters. The maximum Gasteiger partial charge on any atom is 0.319 e. The van der Waals surface area contributed by atoms with E-state index in [0.29, 0.717) is 18.8 Å². The topological polar surface area (TPSA) is 87.7 Å². The van der Waals surface area contributed by atoms with Gasteiger partial charge in [-0.25, -0.2) is 13.2 Å². The van der Waals surface area contributed by atoms with Crippen LogP contribution >= 0.6 is 11.8 Å². The van der Waals surface area contributed by atoms with E-state index >= 15 is 0 Å². The fourth-order valence-corrected chi connectivity index (χ4v) is 4.61. The third kappa shape index (κ3) is 6.18. The molecule has 0 saturated carbocycles. The number of benzene rings is 1. The quantitative estimate of drug-likeness (QED) is 0.729. The van der Waals surface area contributed by atoms with Crippen LogP contribution in [0.2, 0.25) is 0 Å². The molecule has 0 aliphatic carbocycles. The summed E-state index contributed by atoms with van der Waals surface area (Å²) >= 11 is 1.58. The molecule has 25 heavy (non-hydrogen) atoms. The third-order valence-electron chi connectivity index (χ3n) is 3.75. The first-order valence-electron chi connectivity index (χ1n) is 8.12. The molecular formula is C16H25N3O4S2. The summed E-state index contributed by atoms with van der Waals surface area (Å²) in [5, 5.41) is 5.30. The molecule has 140 valence electrons. The summed E-state index contributed by atoms with van der Waals surface area (Å²) in [6.07, 6.45) is 1.70. The van der Waals surface area contributed by atoms with E-state index < -0.39 is 16.1 Å². The predicted octanol–water partition coefficient (Wildman–Crippen LogP) is 1.97. The number of amides is 2. The number of morpholine rings is 1. The molecule has 1 fully saturated rings. The zero-order valence-electron chi connectivity index (χ0n) is 14.7. The lowest BCUT2D eigenvalue weighted by atomic mass is 10.3. The fraction of sp³-hybridized carbons (Fsp3) is 0.562. The number of nitrogens with zero attached hydrogens (tertiary/aromatic N) is 1. The van der Waals surface area contributed by atoms with E-state index in [4.69, 9.17) is 4.74 Å². The van der Waals surface area contributed by atoms with Gasteiger partial charge in [0.15, 0.2) is 0 Å². The molecule has 0 spiro atoms. The molecule has 2 N–H and O–H groups in total. The minimum absolute atomic E-state index is 0.0521. The number of hydrogen-bond acceptors (Lipinski definition) is 5. The van der Waals surface area contributed by atoms with Gasteiger partial charge in [0.05, 0.1) is 18.0 Å². The number of anilines is 1. The van der Waals surface area contributed by atoms with Crippen LogP contribution in [0.15, 0.2) is 29.2 Å². The molecule has 1 aromatic carbocycles.